The fourth-order valence-electron chi connectivity index (χ4n) is 2.35. The molecule has 134 valence electrons. The summed E-state index contributed by atoms with van der Waals surface area (Å²) in [6.07, 6.45) is 0.451. The van der Waals surface area contributed by atoms with Gasteiger partial charge in [-0.15, -0.1) is 0 Å². The van der Waals surface area contributed by atoms with Crippen molar-refractivity contribution in [3.63, 3.8) is 0 Å². The first-order valence-corrected chi connectivity index (χ1v) is 8.05. The summed E-state index contributed by atoms with van der Waals surface area (Å²) >= 11 is 0. The maximum absolute atomic E-state index is 12.3. The van der Waals surface area contributed by atoms with E-state index in [1.54, 1.807) is 6.92 Å². The Kier molecular flexibility index (Phi) is 6.29. The Bertz CT molecular complexity index is 671. The number of aromatic nitrogens is 2. The van der Waals surface area contributed by atoms with Gasteiger partial charge < -0.3 is 15.4 Å². The Morgan fingerprint density at radius 3 is 2.29 bits per heavy atom. The van der Waals surface area contributed by atoms with Crippen molar-refractivity contribution in [2.75, 3.05) is 6.54 Å². The number of aromatic amines is 1. The first kappa shape index (κ1) is 19.9. The molecule has 0 aliphatic carbocycles. The Hall–Kier alpha value is -2.18. The lowest BCUT2D eigenvalue weighted by Gasteiger charge is -2.19. The van der Waals surface area contributed by atoms with E-state index in [0.29, 0.717) is 17.9 Å². The van der Waals surface area contributed by atoms with Gasteiger partial charge >= 0.3 is 5.97 Å². The number of nitrogens with zero attached hydrogens (tertiary/aromatic N) is 1. The zero-order chi connectivity index (χ0) is 18.7. The first-order valence-electron chi connectivity index (χ1n) is 8.05. The van der Waals surface area contributed by atoms with E-state index in [9.17, 15) is 19.5 Å². The molecule has 0 saturated heterocycles. The van der Waals surface area contributed by atoms with Gasteiger partial charge in [-0.05, 0) is 19.3 Å². The highest BCUT2D eigenvalue weighted by Crippen LogP contribution is 2.17. The van der Waals surface area contributed by atoms with Crippen LogP contribution in [0.25, 0.3) is 0 Å². The van der Waals surface area contributed by atoms with Crippen LogP contribution in [0, 0.1) is 18.8 Å². The van der Waals surface area contributed by atoms with Crippen molar-refractivity contribution in [3.8, 4) is 0 Å². The Morgan fingerprint density at radius 1 is 1.29 bits per heavy atom. The fourth-order valence-corrected chi connectivity index (χ4v) is 2.35. The van der Waals surface area contributed by atoms with Crippen molar-refractivity contribution in [2.45, 2.75) is 53.4 Å². The van der Waals surface area contributed by atoms with Gasteiger partial charge in [-0.25, -0.2) is 4.98 Å². The van der Waals surface area contributed by atoms with Crippen LogP contribution in [0.5, 0.6) is 0 Å². The van der Waals surface area contributed by atoms with Gasteiger partial charge in [0.1, 0.15) is 11.4 Å². The standard InChI is InChI=1S/C17H27N3O4/c1-9(2)7-11(15(23)24)8-18-13(21)12-10(3)19-16(17(4,5)6)20-14(12)22/h9,11H,7-8H2,1-6H3,(H,18,21)(H,23,24)(H,19,20,22). The van der Waals surface area contributed by atoms with Crippen molar-refractivity contribution in [1.82, 2.24) is 15.3 Å². The largest absolute Gasteiger partial charge is 0.481 e. The maximum Gasteiger partial charge on any atom is 0.308 e. The number of rotatable bonds is 6. The quantitative estimate of drug-likeness (QED) is 0.733. The van der Waals surface area contributed by atoms with E-state index in [2.05, 4.69) is 15.3 Å². The van der Waals surface area contributed by atoms with Crippen LogP contribution in [-0.4, -0.2) is 33.5 Å². The minimum absolute atomic E-state index is 0.0216. The van der Waals surface area contributed by atoms with Gasteiger partial charge in [-0.1, -0.05) is 34.6 Å². The predicted octanol–water partition coefficient (Wildman–Crippen LogP) is 1.85. The Balaban J connectivity index is 2.96. The smallest absolute Gasteiger partial charge is 0.308 e. The van der Waals surface area contributed by atoms with Gasteiger partial charge in [-0.3, -0.25) is 14.4 Å². The van der Waals surface area contributed by atoms with E-state index in [1.165, 1.54) is 0 Å². The van der Waals surface area contributed by atoms with Crippen LogP contribution in [0.4, 0.5) is 0 Å². The summed E-state index contributed by atoms with van der Waals surface area (Å²) < 4.78 is 0. The molecule has 1 rings (SSSR count). The van der Waals surface area contributed by atoms with Crippen LogP contribution in [0.3, 0.4) is 0 Å². The molecule has 1 amide bonds. The van der Waals surface area contributed by atoms with E-state index in [-0.39, 0.29) is 23.4 Å². The monoisotopic (exact) mass is 337 g/mol. The van der Waals surface area contributed by atoms with E-state index in [1.807, 2.05) is 34.6 Å². The number of carboxylic acid groups (broad SMARTS) is 1. The third-order valence-corrected chi connectivity index (χ3v) is 3.65. The van der Waals surface area contributed by atoms with Crippen LogP contribution in [0.2, 0.25) is 0 Å². The summed E-state index contributed by atoms with van der Waals surface area (Å²) in [4.78, 5) is 42.7. The lowest BCUT2D eigenvalue weighted by Crippen LogP contribution is -2.38. The molecule has 1 heterocycles. The molecule has 7 nitrogen and oxygen atoms in total. The molecule has 0 aliphatic rings. The average Bonchev–Trinajstić information content (AvgIpc) is 2.40. The van der Waals surface area contributed by atoms with Crippen LogP contribution in [0.15, 0.2) is 4.79 Å². The lowest BCUT2D eigenvalue weighted by atomic mass is 9.95. The van der Waals surface area contributed by atoms with E-state index in [0.717, 1.165) is 0 Å². The van der Waals surface area contributed by atoms with E-state index < -0.39 is 23.4 Å². The number of amides is 1. The van der Waals surface area contributed by atoms with Crippen molar-refractivity contribution in [1.29, 1.82) is 0 Å². The SMILES string of the molecule is Cc1nc(C(C)(C)C)[nH]c(=O)c1C(=O)NCC(CC(C)C)C(=O)O. The summed E-state index contributed by atoms with van der Waals surface area (Å²) in [7, 11) is 0. The molecular formula is C17H27N3O4. The molecular weight excluding hydrogens is 310 g/mol. The molecule has 0 radical (unpaired) electrons. The van der Waals surface area contributed by atoms with E-state index >= 15 is 0 Å². The van der Waals surface area contributed by atoms with Gasteiger partial charge in [0, 0.05) is 12.0 Å². The minimum atomic E-state index is -0.962. The summed E-state index contributed by atoms with van der Waals surface area (Å²) in [5, 5.41) is 11.8. The second kappa shape index (κ2) is 7.59. The van der Waals surface area contributed by atoms with E-state index in [4.69, 9.17) is 0 Å². The number of carbonyl (C=O) groups is 2. The van der Waals surface area contributed by atoms with Crippen molar-refractivity contribution < 1.29 is 14.7 Å². The second-order valence-corrected chi connectivity index (χ2v) is 7.50. The average molecular weight is 337 g/mol. The van der Waals surface area contributed by atoms with Crippen LogP contribution in [0.1, 0.15) is 62.9 Å². The molecule has 1 atom stereocenters. The molecule has 0 bridgehead atoms. The first-order chi connectivity index (χ1) is 10.9. The van der Waals surface area contributed by atoms with Crippen LogP contribution >= 0.6 is 0 Å². The van der Waals surface area contributed by atoms with Crippen LogP contribution < -0.4 is 10.9 Å². The van der Waals surface area contributed by atoms with Gasteiger partial charge in [0.15, 0.2) is 0 Å². The highest BCUT2D eigenvalue weighted by atomic mass is 16.4. The lowest BCUT2D eigenvalue weighted by molar-refractivity contribution is -0.142. The molecule has 1 unspecified atom stereocenters. The zero-order valence-electron chi connectivity index (χ0n) is 15.2. The number of nitrogens with one attached hydrogen (secondary N) is 2. The number of carbonyl (C=O) groups excluding carboxylic acids is 1. The van der Waals surface area contributed by atoms with Crippen LogP contribution in [-0.2, 0) is 10.2 Å². The van der Waals surface area contributed by atoms with Crippen molar-refractivity contribution in [3.05, 3.63) is 27.4 Å². The third-order valence-electron chi connectivity index (χ3n) is 3.65. The highest BCUT2D eigenvalue weighted by Gasteiger charge is 2.24. The normalized spacial score (nSPS) is 13.0. The molecule has 0 spiro atoms. The molecule has 7 heteroatoms. The van der Waals surface area contributed by atoms with Gasteiger partial charge in [-0.2, -0.15) is 0 Å². The number of H-pyrrole nitrogens is 1. The number of aryl methyl sites for hydroxylation is 1. The molecule has 0 saturated carbocycles. The number of carboxylic acids is 1. The zero-order valence-corrected chi connectivity index (χ0v) is 15.2. The summed E-state index contributed by atoms with van der Waals surface area (Å²) in [5.41, 5.74) is -0.598. The second-order valence-electron chi connectivity index (χ2n) is 7.50. The summed E-state index contributed by atoms with van der Waals surface area (Å²) in [6.45, 7) is 11.1. The molecule has 1 aromatic rings. The number of aliphatic carboxylic acids is 1. The van der Waals surface area contributed by atoms with Crippen molar-refractivity contribution in [2.24, 2.45) is 11.8 Å². The fraction of sp³-hybridized carbons (Fsp3) is 0.647. The summed E-state index contributed by atoms with van der Waals surface area (Å²) in [6, 6.07) is 0. The maximum atomic E-state index is 12.3. The topological polar surface area (TPSA) is 112 Å². The third kappa shape index (κ3) is 5.18. The molecule has 0 aromatic carbocycles. The predicted molar refractivity (Wildman–Crippen MR) is 91.2 cm³/mol. The molecule has 3 N–H and O–H groups in total. The highest BCUT2D eigenvalue weighted by molar-refractivity contribution is 5.95. The Labute approximate surface area is 141 Å². The Morgan fingerprint density at radius 2 is 1.88 bits per heavy atom. The van der Waals surface area contributed by atoms with Gasteiger partial charge in [0.2, 0.25) is 0 Å². The van der Waals surface area contributed by atoms with Gasteiger partial charge in [0.05, 0.1) is 11.6 Å². The number of hydrogen-bond donors (Lipinski definition) is 3. The van der Waals surface area contributed by atoms with Gasteiger partial charge in [0.25, 0.3) is 11.5 Å². The molecule has 24 heavy (non-hydrogen) atoms. The molecule has 0 aliphatic heterocycles. The summed E-state index contributed by atoms with van der Waals surface area (Å²) in [5.74, 6) is -1.55. The minimum Gasteiger partial charge on any atom is -0.481 e. The molecule has 0 fully saturated rings. The van der Waals surface area contributed by atoms with Crippen molar-refractivity contribution >= 4 is 11.9 Å². The molecule has 1 aromatic heterocycles. The number of hydrogen-bond acceptors (Lipinski definition) is 4.